The number of aliphatic hydroxyl groups excluding tert-OH is 1. The van der Waals surface area contributed by atoms with Crippen molar-refractivity contribution in [3.05, 3.63) is 83.9 Å². The van der Waals surface area contributed by atoms with Crippen LogP contribution >= 0.6 is 0 Å². The number of nitrogens with zero attached hydrogens (tertiary/aromatic N) is 2. The zero-order valence-corrected chi connectivity index (χ0v) is 27.0. The third-order valence-corrected chi connectivity index (χ3v) is 10.1. The Morgan fingerprint density at radius 1 is 1.04 bits per heavy atom. The highest BCUT2D eigenvalue weighted by molar-refractivity contribution is 7.89. The molecular weight excluding hydrogens is 655 g/mol. The van der Waals surface area contributed by atoms with Gasteiger partial charge in [0, 0.05) is 24.8 Å². The van der Waals surface area contributed by atoms with E-state index in [0.29, 0.717) is 12.2 Å². The molecule has 0 spiro atoms. The maximum atomic E-state index is 13.9. The van der Waals surface area contributed by atoms with E-state index in [4.69, 9.17) is 14.2 Å². The smallest absolute Gasteiger partial charge is 0.416 e. The molecule has 4 atom stereocenters. The van der Waals surface area contributed by atoms with Crippen LogP contribution in [0.3, 0.4) is 0 Å². The fraction of sp³-hybridized carbons (Fsp3) is 0.394. The molecule has 2 aliphatic rings. The number of anilines is 1. The molecule has 48 heavy (non-hydrogen) atoms. The van der Waals surface area contributed by atoms with E-state index in [-0.39, 0.29) is 55.1 Å². The Bertz CT molecular complexity index is 1720. The molecule has 0 aromatic heterocycles. The Morgan fingerprint density at radius 2 is 1.77 bits per heavy atom. The number of fused-ring (bicyclic) bond motifs is 1. The lowest BCUT2D eigenvalue weighted by Gasteiger charge is -2.31. The predicted molar refractivity (Wildman–Crippen MR) is 168 cm³/mol. The minimum Gasteiger partial charge on any atom is -0.454 e. The molecule has 11 nitrogen and oxygen atoms in total. The van der Waals surface area contributed by atoms with Gasteiger partial charge in [-0.25, -0.2) is 13.2 Å². The molecule has 5 rings (SSSR count). The highest BCUT2D eigenvalue weighted by atomic mass is 32.2. The van der Waals surface area contributed by atoms with Gasteiger partial charge < -0.3 is 24.6 Å². The van der Waals surface area contributed by atoms with Gasteiger partial charge in [0.25, 0.3) is 5.91 Å². The first-order chi connectivity index (χ1) is 22.8. The van der Waals surface area contributed by atoms with Gasteiger partial charge in [-0.05, 0) is 48.2 Å². The van der Waals surface area contributed by atoms with Crippen LogP contribution in [0.2, 0.25) is 0 Å². The van der Waals surface area contributed by atoms with Gasteiger partial charge in [0.1, 0.15) is 0 Å². The Balaban J connectivity index is 1.36. The number of nitrogens with one attached hydrogen (secondary N) is 1. The van der Waals surface area contributed by atoms with Crippen LogP contribution in [-0.2, 0) is 32.2 Å². The predicted octanol–water partition coefficient (Wildman–Crippen LogP) is 4.58. The summed E-state index contributed by atoms with van der Waals surface area (Å²) in [6.45, 7) is 3.06. The molecule has 3 aromatic rings. The number of benzene rings is 3. The number of ether oxygens (including phenoxy) is 3. The van der Waals surface area contributed by atoms with Gasteiger partial charge >= 0.3 is 12.3 Å². The van der Waals surface area contributed by atoms with E-state index < -0.39 is 52.0 Å². The molecule has 0 aliphatic carbocycles. The summed E-state index contributed by atoms with van der Waals surface area (Å²) in [7, 11) is -4.16. The van der Waals surface area contributed by atoms with Crippen molar-refractivity contribution in [1.29, 1.82) is 0 Å². The Hall–Kier alpha value is -4.34. The van der Waals surface area contributed by atoms with Crippen LogP contribution in [0.1, 0.15) is 31.4 Å². The van der Waals surface area contributed by atoms with Gasteiger partial charge in [0.15, 0.2) is 17.6 Å². The largest absolute Gasteiger partial charge is 0.454 e. The third kappa shape index (κ3) is 8.02. The van der Waals surface area contributed by atoms with Crippen LogP contribution in [0.4, 0.5) is 23.7 Å². The number of rotatable bonds is 13. The quantitative estimate of drug-likeness (QED) is 0.266. The minimum absolute atomic E-state index is 0.0387. The summed E-state index contributed by atoms with van der Waals surface area (Å²) in [6, 6.07) is 16.2. The topological polar surface area (TPSA) is 135 Å². The normalized spacial score (nSPS) is 18.0. The maximum Gasteiger partial charge on any atom is 0.416 e. The maximum absolute atomic E-state index is 13.9. The van der Waals surface area contributed by atoms with E-state index >= 15 is 0 Å². The molecule has 2 amide bonds. The molecule has 2 aliphatic heterocycles. The second kappa shape index (κ2) is 14.4. The molecule has 2 N–H and O–H groups in total. The molecule has 2 heterocycles. The van der Waals surface area contributed by atoms with E-state index in [1.165, 1.54) is 28.6 Å². The third-order valence-electron chi connectivity index (χ3n) is 8.26. The van der Waals surface area contributed by atoms with Crippen molar-refractivity contribution < 1.29 is 50.5 Å². The lowest BCUT2D eigenvalue weighted by Crippen LogP contribution is -2.53. The first-order valence-electron chi connectivity index (χ1n) is 15.3. The number of alkyl halides is 3. The second-order valence-corrected chi connectivity index (χ2v) is 13.7. The van der Waals surface area contributed by atoms with E-state index in [0.717, 1.165) is 28.7 Å². The second-order valence-electron chi connectivity index (χ2n) is 11.8. The summed E-state index contributed by atoms with van der Waals surface area (Å²) in [6.07, 6.45) is -7.75. The SMILES string of the molecule is CC[C@H](C)CN(C[C@@H](O)[C@H](Cc1ccccc1)NC(=O)[C@@H]1CN(c2cccc(C(F)(F)F)c2)C(=O)O1)S(=O)(=O)c1ccc2c(c1)OCO2. The molecule has 1 fully saturated rings. The number of carbonyl (C=O) groups is 2. The van der Waals surface area contributed by atoms with Crippen molar-refractivity contribution in [3.63, 3.8) is 0 Å². The van der Waals surface area contributed by atoms with Crippen molar-refractivity contribution in [2.24, 2.45) is 5.92 Å². The van der Waals surface area contributed by atoms with Crippen LogP contribution in [0.5, 0.6) is 11.5 Å². The number of carbonyl (C=O) groups excluding carboxylic acids is 2. The number of aliphatic hydroxyl groups is 1. The number of sulfonamides is 1. The summed E-state index contributed by atoms with van der Waals surface area (Å²) >= 11 is 0. The highest BCUT2D eigenvalue weighted by Gasteiger charge is 2.40. The molecule has 0 bridgehead atoms. The lowest BCUT2D eigenvalue weighted by molar-refractivity contribution is -0.137. The lowest BCUT2D eigenvalue weighted by atomic mass is 10.0. The molecule has 1 saturated heterocycles. The van der Waals surface area contributed by atoms with Crippen LogP contribution < -0.4 is 19.7 Å². The van der Waals surface area contributed by atoms with Gasteiger partial charge in [-0.1, -0.05) is 56.7 Å². The van der Waals surface area contributed by atoms with Gasteiger partial charge in [-0.2, -0.15) is 17.5 Å². The molecule has 0 radical (unpaired) electrons. The Kier molecular flexibility index (Phi) is 10.5. The Labute approximate surface area is 276 Å². The average Bonchev–Trinajstić information content (AvgIpc) is 3.70. The molecule has 0 unspecified atom stereocenters. The highest BCUT2D eigenvalue weighted by Crippen LogP contribution is 2.35. The van der Waals surface area contributed by atoms with Gasteiger partial charge in [-0.15, -0.1) is 0 Å². The van der Waals surface area contributed by atoms with Crippen LogP contribution in [0.15, 0.2) is 77.7 Å². The summed E-state index contributed by atoms with van der Waals surface area (Å²) < 4.78 is 84.8. The molecule has 15 heteroatoms. The fourth-order valence-corrected chi connectivity index (χ4v) is 6.95. The summed E-state index contributed by atoms with van der Waals surface area (Å²) in [4.78, 5) is 27.0. The van der Waals surface area contributed by atoms with E-state index in [9.17, 15) is 36.3 Å². The van der Waals surface area contributed by atoms with Crippen LogP contribution in [-0.4, -0.2) is 74.5 Å². The molecule has 258 valence electrons. The summed E-state index contributed by atoms with van der Waals surface area (Å²) in [5.74, 6) is -0.195. The van der Waals surface area contributed by atoms with Gasteiger partial charge in [0.2, 0.25) is 16.8 Å². The summed E-state index contributed by atoms with van der Waals surface area (Å²) in [5.41, 5.74) is -0.340. The van der Waals surface area contributed by atoms with Gasteiger partial charge in [-0.3, -0.25) is 9.69 Å². The number of amides is 2. The van der Waals surface area contributed by atoms with Crippen molar-refractivity contribution in [2.75, 3.05) is 31.3 Å². The number of halogens is 3. The molecular formula is C33H36F3N3O8S. The zero-order chi connectivity index (χ0) is 34.6. The standard InChI is InChI=1S/C33H36F3N3O8S/c1-3-21(2)17-38(48(43,44)25-12-13-28-29(16-25)46-20-45-28)18-27(40)26(14-22-8-5-4-6-9-22)37-31(41)30-19-39(32(42)47-30)24-11-7-10-23(15-24)33(34,35)36/h4-13,15-16,21,26-27,30,40H,3,14,17-20H2,1-2H3,(H,37,41)/t21-,26-,27+,30-/m0/s1. The van der Waals surface area contributed by atoms with Crippen molar-refractivity contribution in [2.45, 2.75) is 56.0 Å². The van der Waals surface area contributed by atoms with Crippen molar-refractivity contribution in [1.82, 2.24) is 9.62 Å². The fourth-order valence-electron chi connectivity index (χ4n) is 5.36. The molecule has 3 aromatic carbocycles. The number of hydrogen-bond acceptors (Lipinski definition) is 8. The van der Waals surface area contributed by atoms with Gasteiger partial charge in [0.05, 0.1) is 29.1 Å². The van der Waals surface area contributed by atoms with Crippen LogP contribution in [0, 0.1) is 5.92 Å². The molecule has 0 saturated carbocycles. The van der Waals surface area contributed by atoms with E-state index in [2.05, 4.69) is 5.32 Å². The Morgan fingerprint density at radius 3 is 2.48 bits per heavy atom. The zero-order valence-electron chi connectivity index (χ0n) is 26.2. The van der Waals surface area contributed by atoms with E-state index in [1.807, 2.05) is 13.8 Å². The summed E-state index contributed by atoms with van der Waals surface area (Å²) in [5, 5.41) is 14.3. The average molecular weight is 692 g/mol. The van der Waals surface area contributed by atoms with Crippen molar-refractivity contribution >= 4 is 27.7 Å². The number of hydrogen-bond donors (Lipinski definition) is 2. The minimum atomic E-state index is -4.64. The monoisotopic (exact) mass is 691 g/mol. The first kappa shape index (κ1) is 35.0. The van der Waals surface area contributed by atoms with Crippen LogP contribution in [0.25, 0.3) is 0 Å². The van der Waals surface area contributed by atoms with E-state index in [1.54, 1.807) is 30.3 Å². The van der Waals surface area contributed by atoms with Crippen molar-refractivity contribution in [3.8, 4) is 11.5 Å². The number of cyclic esters (lactones) is 1. The first-order valence-corrected chi connectivity index (χ1v) is 16.8.